The number of ether oxygens (including phenoxy) is 1. The SMILES string of the molecule is COCCN(C(C)C)S(=O)(=O)c1ccccc1C. The molecule has 102 valence electrons. The van der Waals surface area contributed by atoms with Crippen LogP contribution in [0.4, 0.5) is 0 Å². The third-order valence-electron chi connectivity index (χ3n) is 2.77. The van der Waals surface area contributed by atoms with Gasteiger partial charge < -0.3 is 4.74 Å². The Bertz CT molecular complexity index is 483. The van der Waals surface area contributed by atoms with Crippen LogP contribution in [0, 0.1) is 6.92 Å². The fourth-order valence-electron chi connectivity index (χ4n) is 1.81. The standard InChI is InChI=1S/C13H21NO3S/c1-11(2)14(9-10-17-4)18(15,16)13-8-6-5-7-12(13)3/h5-8,11H,9-10H2,1-4H3. The van der Waals surface area contributed by atoms with E-state index in [2.05, 4.69) is 0 Å². The third kappa shape index (κ3) is 3.31. The maximum atomic E-state index is 12.6. The molecule has 0 aliphatic carbocycles. The van der Waals surface area contributed by atoms with E-state index < -0.39 is 10.0 Å². The highest BCUT2D eigenvalue weighted by Crippen LogP contribution is 2.21. The molecule has 0 heterocycles. The van der Waals surface area contributed by atoms with Crippen LogP contribution in [-0.4, -0.2) is 39.0 Å². The normalized spacial score (nSPS) is 12.3. The summed E-state index contributed by atoms with van der Waals surface area (Å²) in [6, 6.07) is 6.94. The molecule has 0 unspecified atom stereocenters. The molecule has 0 fully saturated rings. The van der Waals surface area contributed by atoms with Gasteiger partial charge in [0.25, 0.3) is 0 Å². The van der Waals surface area contributed by atoms with Crippen LogP contribution in [-0.2, 0) is 14.8 Å². The van der Waals surface area contributed by atoms with E-state index in [1.54, 1.807) is 19.2 Å². The molecule has 0 saturated carbocycles. The van der Waals surface area contributed by atoms with E-state index in [-0.39, 0.29) is 6.04 Å². The number of sulfonamides is 1. The number of aryl methyl sites for hydroxylation is 1. The molecule has 0 saturated heterocycles. The molecule has 1 aromatic rings. The number of rotatable bonds is 6. The van der Waals surface area contributed by atoms with Crippen molar-refractivity contribution in [1.82, 2.24) is 4.31 Å². The van der Waals surface area contributed by atoms with Crippen molar-refractivity contribution in [3.05, 3.63) is 29.8 Å². The van der Waals surface area contributed by atoms with Gasteiger partial charge in [-0.25, -0.2) is 8.42 Å². The van der Waals surface area contributed by atoms with E-state index in [1.807, 2.05) is 32.9 Å². The molecule has 4 nitrogen and oxygen atoms in total. The molecule has 0 spiro atoms. The zero-order valence-corrected chi connectivity index (χ0v) is 12.2. The van der Waals surface area contributed by atoms with E-state index in [0.29, 0.717) is 18.0 Å². The van der Waals surface area contributed by atoms with Crippen molar-refractivity contribution in [3.63, 3.8) is 0 Å². The van der Waals surface area contributed by atoms with Crippen LogP contribution in [0.2, 0.25) is 0 Å². The second kappa shape index (κ2) is 6.31. The zero-order valence-electron chi connectivity index (χ0n) is 11.4. The molecule has 1 rings (SSSR count). The van der Waals surface area contributed by atoms with Crippen molar-refractivity contribution in [1.29, 1.82) is 0 Å². The first-order valence-corrected chi connectivity index (χ1v) is 7.41. The molecule has 0 aliphatic rings. The molecular formula is C13H21NO3S. The number of hydrogen-bond donors (Lipinski definition) is 0. The summed E-state index contributed by atoms with van der Waals surface area (Å²) in [5.41, 5.74) is 0.764. The fraction of sp³-hybridized carbons (Fsp3) is 0.538. The Labute approximate surface area is 110 Å². The van der Waals surface area contributed by atoms with Crippen LogP contribution in [0.15, 0.2) is 29.2 Å². The highest BCUT2D eigenvalue weighted by atomic mass is 32.2. The predicted molar refractivity (Wildman–Crippen MR) is 72.1 cm³/mol. The average molecular weight is 271 g/mol. The molecule has 0 bridgehead atoms. The second-order valence-corrected chi connectivity index (χ2v) is 6.33. The highest BCUT2D eigenvalue weighted by molar-refractivity contribution is 7.89. The Balaban J connectivity index is 3.14. The van der Waals surface area contributed by atoms with Crippen LogP contribution in [0.3, 0.4) is 0 Å². The van der Waals surface area contributed by atoms with Crippen LogP contribution in [0.25, 0.3) is 0 Å². The molecular weight excluding hydrogens is 250 g/mol. The van der Waals surface area contributed by atoms with Gasteiger partial charge in [0.15, 0.2) is 0 Å². The van der Waals surface area contributed by atoms with Crippen LogP contribution >= 0.6 is 0 Å². The minimum absolute atomic E-state index is 0.0928. The summed E-state index contributed by atoms with van der Waals surface area (Å²) in [4.78, 5) is 0.370. The molecule has 18 heavy (non-hydrogen) atoms. The Kier molecular flexibility index (Phi) is 5.31. The van der Waals surface area contributed by atoms with Gasteiger partial charge in [-0.05, 0) is 32.4 Å². The molecule has 0 radical (unpaired) electrons. The van der Waals surface area contributed by atoms with Crippen LogP contribution in [0.1, 0.15) is 19.4 Å². The maximum absolute atomic E-state index is 12.6. The summed E-state index contributed by atoms with van der Waals surface area (Å²) in [5.74, 6) is 0. The molecule has 0 aliphatic heterocycles. The summed E-state index contributed by atoms with van der Waals surface area (Å²) in [6.45, 7) is 6.30. The number of nitrogens with zero attached hydrogens (tertiary/aromatic N) is 1. The smallest absolute Gasteiger partial charge is 0.243 e. The van der Waals surface area contributed by atoms with Gasteiger partial charge >= 0.3 is 0 Å². The first-order valence-electron chi connectivity index (χ1n) is 5.97. The summed E-state index contributed by atoms with van der Waals surface area (Å²) in [5, 5.41) is 0. The van der Waals surface area contributed by atoms with Crippen molar-refractivity contribution < 1.29 is 13.2 Å². The number of benzene rings is 1. The van der Waals surface area contributed by atoms with Gasteiger partial charge in [0.1, 0.15) is 0 Å². The summed E-state index contributed by atoms with van der Waals surface area (Å²) in [6.07, 6.45) is 0. The average Bonchev–Trinajstić information content (AvgIpc) is 2.29. The minimum atomic E-state index is -3.45. The fourth-order valence-corrected chi connectivity index (χ4v) is 3.66. The molecule has 0 atom stereocenters. The van der Waals surface area contributed by atoms with Gasteiger partial charge in [0, 0.05) is 19.7 Å². The molecule has 5 heteroatoms. The number of hydrogen-bond acceptors (Lipinski definition) is 3. The van der Waals surface area contributed by atoms with E-state index in [4.69, 9.17) is 4.74 Å². The zero-order chi connectivity index (χ0) is 13.8. The van der Waals surface area contributed by atoms with Crippen molar-refractivity contribution >= 4 is 10.0 Å². The third-order valence-corrected chi connectivity index (χ3v) is 5.01. The summed E-state index contributed by atoms with van der Waals surface area (Å²) >= 11 is 0. The van der Waals surface area contributed by atoms with Gasteiger partial charge in [-0.2, -0.15) is 4.31 Å². The van der Waals surface area contributed by atoms with Gasteiger partial charge in [0.05, 0.1) is 11.5 Å². The van der Waals surface area contributed by atoms with Crippen molar-refractivity contribution in [2.24, 2.45) is 0 Å². The lowest BCUT2D eigenvalue weighted by atomic mass is 10.2. The number of methoxy groups -OCH3 is 1. The predicted octanol–water partition coefficient (Wildman–Crippen LogP) is 2.04. The van der Waals surface area contributed by atoms with Crippen LogP contribution < -0.4 is 0 Å². The van der Waals surface area contributed by atoms with E-state index >= 15 is 0 Å². The van der Waals surface area contributed by atoms with E-state index in [9.17, 15) is 8.42 Å². The quantitative estimate of drug-likeness (QED) is 0.795. The maximum Gasteiger partial charge on any atom is 0.243 e. The summed E-state index contributed by atoms with van der Waals surface area (Å²) in [7, 11) is -1.88. The molecule has 0 aromatic heterocycles. The Morgan fingerprint density at radius 3 is 2.39 bits per heavy atom. The van der Waals surface area contributed by atoms with Crippen molar-refractivity contribution in [2.75, 3.05) is 20.3 Å². The lowest BCUT2D eigenvalue weighted by molar-refractivity contribution is 0.171. The van der Waals surface area contributed by atoms with Gasteiger partial charge in [-0.3, -0.25) is 0 Å². The van der Waals surface area contributed by atoms with E-state index in [0.717, 1.165) is 5.56 Å². The first-order chi connectivity index (χ1) is 8.41. The molecule has 0 amide bonds. The molecule has 1 aromatic carbocycles. The first kappa shape index (κ1) is 15.1. The summed E-state index contributed by atoms with van der Waals surface area (Å²) < 4.78 is 31.6. The topological polar surface area (TPSA) is 46.6 Å². The lowest BCUT2D eigenvalue weighted by Gasteiger charge is -2.26. The van der Waals surface area contributed by atoms with Crippen molar-refractivity contribution in [3.8, 4) is 0 Å². The highest BCUT2D eigenvalue weighted by Gasteiger charge is 2.27. The van der Waals surface area contributed by atoms with Crippen LogP contribution in [0.5, 0.6) is 0 Å². The molecule has 0 N–H and O–H groups in total. The van der Waals surface area contributed by atoms with Gasteiger partial charge in [-0.1, -0.05) is 18.2 Å². The Morgan fingerprint density at radius 1 is 1.28 bits per heavy atom. The Morgan fingerprint density at radius 2 is 1.89 bits per heavy atom. The minimum Gasteiger partial charge on any atom is -0.383 e. The largest absolute Gasteiger partial charge is 0.383 e. The van der Waals surface area contributed by atoms with Gasteiger partial charge in [-0.15, -0.1) is 0 Å². The van der Waals surface area contributed by atoms with E-state index in [1.165, 1.54) is 4.31 Å². The van der Waals surface area contributed by atoms with Gasteiger partial charge in [0.2, 0.25) is 10.0 Å². The van der Waals surface area contributed by atoms with Crippen molar-refractivity contribution in [2.45, 2.75) is 31.7 Å². The monoisotopic (exact) mass is 271 g/mol. The lowest BCUT2D eigenvalue weighted by Crippen LogP contribution is -2.39. The second-order valence-electron chi connectivity index (χ2n) is 4.47. The Hall–Kier alpha value is -0.910.